The molecule has 2 amide bonds. The number of amides is 2. The molecule has 1 atom stereocenters. The first-order chi connectivity index (χ1) is 13.9. The van der Waals surface area contributed by atoms with Gasteiger partial charge in [-0.25, -0.2) is 4.39 Å². The van der Waals surface area contributed by atoms with Crippen molar-refractivity contribution in [2.75, 3.05) is 18.1 Å². The minimum absolute atomic E-state index is 0.119. The van der Waals surface area contributed by atoms with Crippen molar-refractivity contribution in [2.45, 2.75) is 38.1 Å². The van der Waals surface area contributed by atoms with Crippen LogP contribution in [0.2, 0.25) is 0 Å². The molecule has 0 aliphatic carbocycles. The molecule has 2 aliphatic heterocycles. The van der Waals surface area contributed by atoms with Crippen LogP contribution in [-0.4, -0.2) is 51.7 Å². The number of primary amides is 1. The summed E-state index contributed by atoms with van der Waals surface area (Å²) in [6.07, 6.45) is 1.54. The van der Waals surface area contributed by atoms with Gasteiger partial charge in [0.2, 0.25) is 11.8 Å². The highest BCUT2D eigenvalue weighted by Gasteiger charge is 2.37. The lowest BCUT2D eigenvalue weighted by Crippen LogP contribution is -2.42. The third-order valence-corrected chi connectivity index (χ3v) is 5.25. The summed E-state index contributed by atoms with van der Waals surface area (Å²) in [5.41, 5.74) is 6.28. The van der Waals surface area contributed by atoms with E-state index < -0.39 is 17.8 Å². The Hall–Kier alpha value is -3.30. The van der Waals surface area contributed by atoms with Gasteiger partial charge in [0.05, 0.1) is 5.69 Å². The molecule has 10 heteroatoms. The molecule has 2 aliphatic rings. The van der Waals surface area contributed by atoms with Crippen LogP contribution in [0.25, 0.3) is 0 Å². The molecule has 0 bridgehead atoms. The highest BCUT2D eigenvalue weighted by Crippen LogP contribution is 2.29. The molecule has 1 fully saturated rings. The topological polar surface area (TPSA) is 118 Å². The van der Waals surface area contributed by atoms with Gasteiger partial charge in [-0.3, -0.25) is 14.6 Å². The number of carbonyl (C=O) groups excluding carboxylic acids is 2. The van der Waals surface area contributed by atoms with E-state index >= 15 is 0 Å². The molecule has 0 saturated carbocycles. The molecular formula is C19H21FN6O3. The van der Waals surface area contributed by atoms with Crippen LogP contribution < -0.4 is 10.7 Å². The van der Waals surface area contributed by atoms with Gasteiger partial charge in [0.25, 0.3) is 5.91 Å². The number of rotatable bonds is 4. The van der Waals surface area contributed by atoms with Gasteiger partial charge < -0.3 is 15.2 Å². The van der Waals surface area contributed by atoms with Crippen LogP contribution in [0.1, 0.15) is 36.9 Å². The molecular weight excluding hydrogens is 379 g/mol. The summed E-state index contributed by atoms with van der Waals surface area (Å²) in [5, 5.41) is 9.55. The van der Waals surface area contributed by atoms with Gasteiger partial charge in [-0.1, -0.05) is 5.16 Å². The van der Waals surface area contributed by atoms with E-state index in [0.717, 1.165) is 0 Å². The fraction of sp³-hybridized carbons (Fsp3) is 0.421. The lowest BCUT2D eigenvalue weighted by Gasteiger charge is -2.30. The molecule has 1 unspecified atom stereocenters. The average molecular weight is 400 g/mol. The van der Waals surface area contributed by atoms with Gasteiger partial charge in [0.15, 0.2) is 5.82 Å². The number of nitrogens with zero attached hydrogens (tertiary/aromatic N) is 5. The molecule has 2 N–H and O–H groups in total. The van der Waals surface area contributed by atoms with Crippen LogP contribution in [0.4, 0.5) is 10.1 Å². The van der Waals surface area contributed by atoms with Crippen molar-refractivity contribution in [2.24, 2.45) is 10.8 Å². The molecule has 4 rings (SSSR count). The molecule has 152 valence electrons. The van der Waals surface area contributed by atoms with E-state index in [4.69, 9.17) is 10.3 Å². The Bertz CT molecular complexity index is 949. The van der Waals surface area contributed by atoms with Crippen molar-refractivity contribution in [3.8, 4) is 0 Å². The van der Waals surface area contributed by atoms with E-state index in [1.807, 2.05) is 0 Å². The maximum absolute atomic E-state index is 13.2. The second kappa shape index (κ2) is 7.61. The van der Waals surface area contributed by atoms with E-state index in [-0.39, 0.29) is 24.0 Å². The third kappa shape index (κ3) is 3.82. The van der Waals surface area contributed by atoms with Crippen LogP contribution in [0, 0.1) is 12.7 Å². The monoisotopic (exact) mass is 400 g/mol. The number of hydrazone groups is 1. The molecule has 1 aromatic carbocycles. The van der Waals surface area contributed by atoms with Gasteiger partial charge in [-0.2, -0.15) is 10.1 Å². The van der Waals surface area contributed by atoms with Gasteiger partial charge in [-0.05, 0) is 44.0 Å². The van der Waals surface area contributed by atoms with Gasteiger partial charge in [0.1, 0.15) is 17.6 Å². The van der Waals surface area contributed by atoms with Gasteiger partial charge >= 0.3 is 0 Å². The zero-order chi connectivity index (χ0) is 20.5. The van der Waals surface area contributed by atoms with Crippen LogP contribution in [-0.2, 0) is 9.59 Å². The number of aromatic nitrogens is 2. The standard InChI is InChI=1S/C19H21FN6O3/c1-11-22-18(29-24-11)12-6-8-25(9-7-12)19(28)15-10-16(17(21)27)26(23-15)14-4-2-13(20)3-5-14/h2-5,12,16H,6-10H2,1H3,(H2,21,27). The second-order valence-corrected chi connectivity index (χ2v) is 7.24. The molecule has 0 spiro atoms. The number of aryl methyl sites for hydroxylation is 1. The highest BCUT2D eigenvalue weighted by atomic mass is 19.1. The lowest BCUT2D eigenvalue weighted by molar-refractivity contribution is -0.125. The fourth-order valence-corrected chi connectivity index (χ4v) is 3.68. The highest BCUT2D eigenvalue weighted by molar-refractivity contribution is 6.40. The summed E-state index contributed by atoms with van der Waals surface area (Å²) in [5.74, 6) is 0.108. The molecule has 3 heterocycles. The number of nitrogens with two attached hydrogens (primary N) is 1. The normalized spacial score (nSPS) is 20.1. The maximum Gasteiger partial charge on any atom is 0.270 e. The summed E-state index contributed by atoms with van der Waals surface area (Å²) >= 11 is 0. The van der Waals surface area contributed by atoms with Crippen molar-refractivity contribution in [1.29, 1.82) is 0 Å². The average Bonchev–Trinajstić information content (AvgIpc) is 3.35. The first-order valence-electron chi connectivity index (χ1n) is 9.43. The van der Waals surface area contributed by atoms with Crippen LogP contribution >= 0.6 is 0 Å². The number of anilines is 1. The smallest absolute Gasteiger partial charge is 0.270 e. The number of benzene rings is 1. The lowest BCUT2D eigenvalue weighted by atomic mass is 9.96. The number of likely N-dealkylation sites (tertiary alicyclic amines) is 1. The van der Waals surface area contributed by atoms with Crippen molar-refractivity contribution in [3.05, 3.63) is 41.8 Å². The van der Waals surface area contributed by atoms with Crippen LogP contribution in [0.3, 0.4) is 0 Å². The predicted octanol–water partition coefficient (Wildman–Crippen LogP) is 1.34. The van der Waals surface area contributed by atoms with E-state index in [9.17, 15) is 14.0 Å². The first-order valence-corrected chi connectivity index (χ1v) is 9.43. The Morgan fingerprint density at radius 1 is 1.21 bits per heavy atom. The largest absolute Gasteiger partial charge is 0.368 e. The zero-order valence-corrected chi connectivity index (χ0v) is 15.9. The Morgan fingerprint density at radius 3 is 2.48 bits per heavy atom. The van der Waals surface area contributed by atoms with Gasteiger partial charge in [-0.15, -0.1) is 0 Å². The summed E-state index contributed by atoms with van der Waals surface area (Å²) < 4.78 is 18.4. The van der Waals surface area contributed by atoms with Crippen molar-refractivity contribution in [3.63, 3.8) is 0 Å². The molecule has 1 saturated heterocycles. The number of halogens is 1. The Labute approximate surface area is 166 Å². The minimum atomic E-state index is -0.779. The van der Waals surface area contributed by atoms with E-state index in [0.29, 0.717) is 43.3 Å². The summed E-state index contributed by atoms with van der Waals surface area (Å²) in [6.45, 7) is 2.83. The summed E-state index contributed by atoms with van der Waals surface area (Å²) in [7, 11) is 0. The molecule has 29 heavy (non-hydrogen) atoms. The van der Waals surface area contributed by atoms with Crippen molar-refractivity contribution in [1.82, 2.24) is 15.0 Å². The summed E-state index contributed by atoms with van der Waals surface area (Å²) in [4.78, 5) is 30.8. The van der Waals surface area contributed by atoms with E-state index in [2.05, 4.69) is 15.2 Å². The summed E-state index contributed by atoms with van der Waals surface area (Å²) in [6, 6.07) is 4.76. The molecule has 0 radical (unpaired) electrons. The van der Waals surface area contributed by atoms with Crippen LogP contribution in [0.15, 0.2) is 33.9 Å². The fourth-order valence-electron chi connectivity index (χ4n) is 3.68. The third-order valence-electron chi connectivity index (χ3n) is 5.25. The number of hydrogen-bond donors (Lipinski definition) is 1. The number of hydrogen-bond acceptors (Lipinski definition) is 7. The maximum atomic E-state index is 13.2. The predicted molar refractivity (Wildman–Crippen MR) is 102 cm³/mol. The number of carbonyl (C=O) groups is 2. The molecule has 2 aromatic rings. The first kappa shape index (κ1) is 19.0. The van der Waals surface area contributed by atoms with E-state index in [1.165, 1.54) is 29.3 Å². The Balaban J connectivity index is 1.46. The van der Waals surface area contributed by atoms with Crippen molar-refractivity contribution >= 4 is 23.2 Å². The Kier molecular flexibility index (Phi) is 4.99. The SMILES string of the molecule is Cc1noc(C2CCN(C(=O)C3=NN(c4ccc(F)cc4)C(C(N)=O)C3)CC2)n1. The van der Waals surface area contributed by atoms with Crippen molar-refractivity contribution < 1.29 is 18.5 Å². The molecule has 9 nitrogen and oxygen atoms in total. The van der Waals surface area contributed by atoms with Crippen LogP contribution in [0.5, 0.6) is 0 Å². The van der Waals surface area contributed by atoms with E-state index in [1.54, 1.807) is 11.8 Å². The Morgan fingerprint density at radius 2 is 1.90 bits per heavy atom. The quantitative estimate of drug-likeness (QED) is 0.828. The second-order valence-electron chi connectivity index (χ2n) is 7.24. The van der Waals surface area contributed by atoms with Gasteiger partial charge in [0, 0.05) is 25.4 Å². The molecule has 1 aromatic heterocycles. The zero-order valence-electron chi connectivity index (χ0n) is 15.9. The minimum Gasteiger partial charge on any atom is -0.368 e. The number of piperidine rings is 1.